The maximum absolute atomic E-state index is 11.9. The third-order valence-electron chi connectivity index (χ3n) is 8.97. The molecule has 6 atom stereocenters. The van der Waals surface area contributed by atoms with E-state index in [0.29, 0.717) is 18.3 Å². The van der Waals surface area contributed by atoms with Crippen LogP contribution >= 0.6 is 0 Å². The van der Waals surface area contributed by atoms with Gasteiger partial charge in [0.15, 0.2) is 11.4 Å². The van der Waals surface area contributed by atoms with Crippen LogP contribution in [-0.2, 0) is 14.3 Å². The summed E-state index contributed by atoms with van der Waals surface area (Å²) < 4.78 is 6.03. The number of carbonyl (C=O) groups excluding carboxylic acids is 1. The van der Waals surface area contributed by atoms with E-state index >= 15 is 0 Å². The van der Waals surface area contributed by atoms with Gasteiger partial charge in [-0.1, -0.05) is 31.1 Å². The quantitative estimate of drug-likeness (QED) is 0.568. The highest BCUT2D eigenvalue weighted by atomic mass is 16.7. The Balaban J connectivity index is 1.55. The van der Waals surface area contributed by atoms with Crippen LogP contribution in [0.4, 0.5) is 0 Å². The van der Waals surface area contributed by atoms with Gasteiger partial charge >= 0.3 is 5.97 Å². The van der Waals surface area contributed by atoms with Crippen molar-refractivity contribution in [3.63, 3.8) is 0 Å². The second kappa shape index (κ2) is 4.70. The second-order valence-electron chi connectivity index (χ2n) is 9.81. The van der Waals surface area contributed by atoms with Crippen LogP contribution in [0.25, 0.3) is 0 Å². The molecule has 3 fully saturated rings. The minimum Gasteiger partial charge on any atom is -0.479 e. The highest BCUT2D eigenvalue weighted by Gasteiger charge is 2.82. The number of carbonyl (C=O) groups is 2. The van der Waals surface area contributed by atoms with Gasteiger partial charge < -0.3 is 9.84 Å². The van der Waals surface area contributed by atoms with Crippen molar-refractivity contribution in [3.8, 4) is 0 Å². The lowest BCUT2D eigenvalue weighted by Gasteiger charge is -2.53. The summed E-state index contributed by atoms with van der Waals surface area (Å²) in [5.74, 6) is 0.451. The molecule has 1 heterocycles. The third-order valence-corrected chi connectivity index (χ3v) is 8.97. The lowest BCUT2D eigenvalue weighted by Crippen LogP contribution is -2.49. The summed E-state index contributed by atoms with van der Waals surface area (Å²) in [5.41, 5.74) is 1.26. The summed E-state index contributed by atoms with van der Waals surface area (Å²) in [6.07, 6.45) is 10.8. The first kappa shape index (κ1) is 16.7. The lowest BCUT2D eigenvalue weighted by molar-refractivity contribution is -0.142. The molecule has 1 saturated heterocycles. The zero-order valence-electron chi connectivity index (χ0n) is 15.9. The molecule has 4 aliphatic carbocycles. The van der Waals surface area contributed by atoms with Crippen molar-refractivity contribution in [3.05, 3.63) is 23.3 Å². The molecule has 5 rings (SSSR count). The zero-order valence-corrected chi connectivity index (χ0v) is 15.9. The maximum Gasteiger partial charge on any atom is 0.338 e. The Hall–Kier alpha value is -1.42. The predicted octanol–water partition coefficient (Wildman–Crippen LogP) is 4.05. The van der Waals surface area contributed by atoms with Crippen LogP contribution in [0, 0.1) is 22.7 Å². The number of allylic oxidation sites excluding steroid dienone is 4. The molecule has 1 aliphatic heterocycles. The van der Waals surface area contributed by atoms with Crippen LogP contribution in [0.2, 0.25) is 0 Å². The summed E-state index contributed by atoms with van der Waals surface area (Å²) in [7, 11) is 0. The first-order valence-corrected chi connectivity index (χ1v) is 10.1. The number of hydrogen-bond donors (Lipinski definition) is 1. The molecule has 0 unspecified atom stereocenters. The van der Waals surface area contributed by atoms with Gasteiger partial charge in [0, 0.05) is 17.3 Å². The highest BCUT2D eigenvalue weighted by Crippen LogP contribution is 2.74. The fourth-order valence-corrected chi connectivity index (χ4v) is 7.34. The van der Waals surface area contributed by atoms with E-state index in [2.05, 4.69) is 19.9 Å². The van der Waals surface area contributed by atoms with Gasteiger partial charge in [0.05, 0.1) is 0 Å². The van der Waals surface area contributed by atoms with Gasteiger partial charge in [-0.15, -0.1) is 0 Å². The van der Waals surface area contributed by atoms with E-state index in [1.165, 1.54) is 11.1 Å². The van der Waals surface area contributed by atoms with Crippen LogP contribution < -0.4 is 0 Å². The topological polar surface area (TPSA) is 66.9 Å². The Bertz CT molecular complexity index is 794. The Morgan fingerprint density at radius 2 is 1.96 bits per heavy atom. The highest BCUT2D eigenvalue weighted by molar-refractivity contribution is 5.92. The molecule has 0 amide bonds. The molecule has 2 saturated carbocycles. The molecule has 0 radical (unpaired) electrons. The molecular weight excluding hydrogens is 328 g/mol. The van der Waals surface area contributed by atoms with E-state index in [1.807, 2.05) is 6.08 Å². The molecule has 1 N–H and O–H groups in total. The van der Waals surface area contributed by atoms with Crippen LogP contribution in [0.3, 0.4) is 0 Å². The fraction of sp³-hybridized carbons (Fsp3) is 0.727. The number of carboxylic acid groups (broad SMARTS) is 1. The number of epoxide rings is 1. The average molecular weight is 356 g/mol. The molecule has 0 bridgehead atoms. The van der Waals surface area contributed by atoms with Crippen molar-refractivity contribution in [2.75, 3.05) is 0 Å². The molecule has 26 heavy (non-hydrogen) atoms. The molecule has 5 aliphatic rings. The van der Waals surface area contributed by atoms with E-state index in [1.54, 1.807) is 6.92 Å². The molecule has 4 nitrogen and oxygen atoms in total. The van der Waals surface area contributed by atoms with E-state index in [0.717, 1.165) is 38.5 Å². The molecule has 0 aromatic rings. The van der Waals surface area contributed by atoms with Crippen molar-refractivity contribution >= 4 is 11.8 Å². The molecule has 0 aromatic heterocycles. The predicted molar refractivity (Wildman–Crippen MR) is 96.5 cm³/mol. The van der Waals surface area contributed by atoms with Crippen molar-refractivity contribution in [1.29, 1.82) is 0 Å². The zero-order chi connectivity index (χ0) is 18.5. The number of rotatable bonds is 1. The largest absolute Gasteiger partial charge is 0.479 e. The normalized spacial score (nSPS) is 51.9. The van der Waals surface area contributed by atoms with Crippen LogP contribution in [0.5, 0.6) is 0 Å². The Labute approximate surface area is 154 Å². The SMILES string of the molecule is C[C@]12CCC(=O)C=C1CC[C@@H]1C2=CC[C@@]2(C)[C@H]1CC[C@@]21O[C@]1(C)C(=O)O. The van der Waals surface area contributed by atoms with Crippen LogP contribution in [0.15, 0.2) is 23.3 Å². The second-order valence-corrected chi connectivity index (χ2v) is 9.81. The number of ether oxygens (including phenoxy) is 1. The van der Waals surface area contributed by atoms with Gasteiger partial charge in [-0.3, -0.25) is 4.79 Å². The molecule has 140 valence electrons. The van der Waals surface area contributed by atoms with Gasteiger partial charge in [-0.2, -0.15) is 0 Å². The van der Waals surface area contributed by atoms with Gasteiger partial charge in [0.1, 0.15) is 5.60 Å². The summed E-state index contributed by atoms with van der Waals surface area (Å²) >= 11 is 0. The maximum atomic E-state index is 11.9. The van der Waals surface area contributed by atoms with Crippen molar-refractivity contribution in [2.45, 2.75) is 76.9 Å². The monoisotopic (exact) mass is 356 g/mol. The van der Waals surface area contributed by atoms with Gasteiger partial charge in [0.2, 0.25) is 0 Å². The first-order valence-electron chi connectivity index (χ1n) is 10.1. The lowest BCUT2D eigenvalue weighted by atomic mass is 9.50. The van der Waals surface area contributed by atoms with Crippen molar-refractivity contribution in [2.24, 2.45) is 22.7 Å². The van der Waals surface area contributed by atoms with Crippen LogP contribution in [0.1, 0.15) is 65.7 Å². The Morgan fingerprint density at radius 3 is 2.65 bits per heavy atom. The summed E-state index contributed by atoms with van der Waals surface area (Å²) in [6.45, 7) is 6.35. The summed E-state index contributed by atoms with van der Waals surface area (Å²) in [6, 6.07) is 0. The first-order chi connectivity index (χ1) is 12.2. The van der Waals surface area contributed by atoms with Crippen molar-refractivity contribution in [1.82, 2.24) is 0 Å². The Kier molecular flexibility index (Phi) is 3.02. The molecule has 0 aromatic carbocycles. The van der Waals surface area contributed by atoms with Crippen LogP contribution in [-0.4, -0.2) is 28.1 Å². The van der Waals surface area contributed by atoms with E-state index in [-0.39, 0.29) is 16.6 Å². The molecule has 4 heteroatoms. The fourth-order valence-electron chi connectivity index (χ4n) is 7.34. The number of hydrogen-bond acceptors (Lipinski definition) is 3. The van der Waals surface area contributed by atoms with E-state index < -0.39 is 17.2 Å². The van der Waals surface area contributed by atoms with E-state index in [4.69, 9.17) is 4.74 Å². The standard InChI is InChI=1S/C22H28O4/c1-19-9-6-14(23)12-13(19)4-5-15-16(19)7-10-20(2)17(15)8-11-22(20)21(3,26-22)18(24)25/h7,12,15,17H,4-6,8-11H2,1-3H3,(H,24,25)/t15-,17+,19+,20+,21-,22-/m1/s1. The minimum atomic E-state index is -1.03. The molecule has 1 spiro atoms. The Morgan fingerprint density at radius 1 is 1.19 bits per heavy atom. The number of fused-ring (bicyclic) bond motifs is 6. The van der Waals surface area contributed by atoms with E-state index in [9.17, 15) is 14.7 Å². The van der Waals surface area contributed by atoms with Gasteiger partial charge in [-0.05, 0) is 63.4 Å². The van der Waals surface area contributed by atoms with Crippen molar-refractivity contribution < 1.29 is 19.4 Å². The average Bonchev–Trinajstić information content (AvgIpc) is 3.11. The third kappa shape index (κ3) is 1.66. The van der Waals surface area contributed by atoms with Gasteiger partial charge in [-0.25, -0.2) is 4.79 Å². The molecular formula is C22H28O4. The number of carboxylic acids is 1. The number of ketones is 1. The number of aliphatic carboxylic acids is 1. The van der Waals surface area contributed by atoms with Gasteiger partial charge in [0.25, 0.3) is 0 Å². The smallest absolute Gasteiger partial charge is 0.338 e. The summed E-state index contributed by atoms with van der Waals surface area (Å²) in [5, 5.41) is 9.72. The summed E-state index contributed by atoms with van der Waals surface area (Å²) in [4.78, 5) is 23.7. The minimum absolute atomic E-state index is 0.0361.